The number of sulfone groups is 1. The lowest BCUT2D eigenvalue weighted by molar-refractivity contribution is 0.0830. The maximum absolute atomic E-state index is 13.2. The summed E-state index contributed by atoms with van der Waals surface area (Å²) in [5, 5.41) is 3.38. The van der Waals surface area contributed by atoms with E-state index in [0.717, 1.165) is 40.8 Å². The average molecular weight is 425 g/mol. The number of allylic oxidation sites excluding steroid dienone is 2. The van der Waals surface area contributed by atoms with Gasteiger partial charge in [-0.25, -0.2) is 8.42 Å². The van der Waals surface area contributed by atoms with Gasteiger partial charge in [0.05, 0.1) is 10.6 Å². The van der Waals surface area contributed by atoms with Crippen molar-refractivity contribution < 1.29 is 13.2 Å². The number of anilines is 1. The summed E-state index contributed by atoms with van der Waals surface area (Å²) in [7, 11) is -1.48. The van der Waals surface area contributed by atoms with E-state index < -0.39 is 9.84 Å². The molecule has 0 saturated heterocycles. The first-order valence-corrected chi connectivity index (χ1v) is 12.2. The molecular weight excluding hydrogens is 396 g/mol. The number of hydrogen-bond acceptors (Lipinski definition) is 4. The Morgan fingerprint density at radius 3 is 2.53 bits per heavy atom. The standard InChI is InChI=1S/C24H28N2O3S/c1-15-13-19(16(2)25-21-7-5-6-8-23(21)30(4,28)29)18-11-12-22(17-9-10-17)26(3)24(27)20(18)14-15/h5-8,12-14,16-17,25H,9-11H2,1-4H3. The molecule has 1 heterocycles. The number of rotatable bonds is 5. The van der Waals surface area contributed by atoms with E-state index in [0.29, 0.717) is 18.0 Å². The van der Waals surface area contributed by atoms with Crippen molar-refractivity contribution in [3.8, 4) is 0 Å². The number of fused-ring (bicyclic) bond motifs is 1. The van der Waals surface area contributed by atoms with E-state index in [2.05, 4.69) is 17.5 Å². The molecule has 0 radical (unpaired) electrons. The predicted molar refractivity (Wildman–Crippen MR) is 119 cm³/mol. The van der Waals surface area contributed by atoms with Crippen molar-refractivity contribution in [2.24, 2.45) is 5.92 Å². The molecule has 0 bridgehead atoms. The normalized spacial score (nSPS) is 17.8. The number of carbonyl (C=O) groups is 1. The summed E-state index contributed by atoms with van der Waals surface area (Å²) in [5.74, 6) is 0.532. The molecule has 2 aromatic carbocycles. The Hall–Kier alpha value is -2.60. The topological polar surface area (TPSA) is 66.5 Å². The van der Waals surface area contributed by atoms with Crippen LogP contribution in [-0.2, 0) is 16.3 Å². The van der Waals surface area contributed by atoms with Crippen LogP contribution in [0.4, 0.5) is 5.69 Å². The van der Waals surface area contributed by atoms with Gasteiger partial charge in [-0.2, -0.15) is 0 Å². The van der Waals surface area contributed by atoms with E-state index in [-0.39, 0.29) is 16.8 Å². The average Bonchev–Trinajstić information content (AvgIpc) is 3.52. The second-order valence-electron chi connectivity index (χ2n) is 8.49. The zero-order chi connectivity index (χ0) is 21.6. The second kappa shape index (κ2) is 7.58. The fraction of sp³-hybridized carbons (Fsp3) is 0.375. The summed E-state index contributed by atoms with van der Waals surface area (Å²) in [4.78, 5) is 15.3. The maximum atomic E-state index is 13.2. The Balaban J connectivity index is 1.75. The number of benzene rings is 2. The van der Waals surface area contributed by atoms with Crippen LogP contribution in [0.25, 0.3) is 0 Å². The van der Waals surface area contributed by atoms with E-state index >= 15 is 0 Å². The van der Waals surface area contributed by atoms with Gasteiger partial charge in [0.15, 0.2) is 9.84 Å². The van der Waals surface area contributed by atoms with E-state index in [4.69, 9.17) is 0 Å². The number of para-hydroxylation sites is 1. The molecule has 4 rings (SSSR count). The van der Waals surface area contributed by atoms with Gasteiger partial charge in [0.1, 0.15) is 0 Å². The molecule has 1 amide bonds. The number of aryl methyl sites for hydroxylation is 1. The van der Waals surface area contributed by atoms with Crippen molar-refractivity contribution in [1.29, 1.82) is 0 Å². The molecule has 0 aromatic heterocycles. The zero-order valence-electron chi connectivity index (χ0n) is 17.9. The quantitative estimate of drug-likeness (QED) is 0.768. The first kappa shape index (κ1) is 20.7. The van der Waals surface area contributed by atoms with E-state index in [9.17, 15) is 13.2 Å². The number of nitrogens with zero attached hydrogens (tertiary/aromatic N) is 1. The van der Waals surface area contributed by atoms with Gasteiger partial charge in [0.2, 0.25) is 0 Å². The van der Waals surface area contributed by atoms with Crippen molar-refractivity contribution in [2.45, 2.75) is 44.0 Å². The van der Waals surface area contributed by atoms with Crippen LogP contribution in [0.3, 0.4) is 0 Å². The van der Waals surface area contributed by atoms with Crippen LogP contribution in [0.2, 0.25) is 0 Å². The Labute approximate surface area is 178 Å². The lowest BCUT2D eigenvalue weighted by Crippen LogP contribution is -2.27. The minimum absolute atomic E-state index is 0.0364. The molecule has 2 aliphatic rings. The van der Waals surface area contributed by atoms with Crippen LogP contribution in [0.15, 0.2) is 53.1 Å². The summed E-state index contributed by atoms with van der Waals surface area (Å²) in [6.07, 6.45) is 6.40. The van der Waals surface area contributed by atoms with Gasteiger partial charge in [-0.1, -0.05) is 24.3 Å². The summed E-state index contributed by atoms with van der Waals surface area (Å²) in [6, 6.07) is 10.9. The summed E-state index contributed by atoms with van der Waals surface area (Å²) >= 11 is 0. The van der Waals surface area contributed by atoms with Gasteiger partial charge < -0.3 is 10.2 Å². The Kier molecular flexibility index (Phi) is 5.22. The van der Waals surface area contributed by atoms with E-state index in [1.165, 1.54) is 6.26 Å². The van der Waals surface area contributed by atoms with Crippen LogP contribution in [0.5, 0.6) is 0 Å². The highest BCUT2D eigenvalue weighted by atomic mass is 32.2. The molecular formula is C24H28N2O3S. The van der Waals surface area contributed by atoms with Crippen molar-refractivity contribution in [2.75, 3.05) is 18.6 Å². The number of amides is 1. The van der Waals surface area contributed by atoms with Crippen LogP contribution in [0, 0.1) is 12.8 Å². The fourth-order valence-electron chi connectivity index (χ4n) is 4.33. The molecule has 1 aliphatic carbocycles. The number of nitrogens with one attached hydrogen (secondary N) is 1. The SMILES string of the molecule is Cc1cc2c(c(C(C)Nc3ccccc3S(C)(=O)=O)c1)CC=C(C1CC1)N(C)C2=O. The molecule has 158 valence electrons. The molecule has 1 atom stereocenters. The van der Waals surface area contributed by atoms with Gasteiger partial charge in [-0.3, -0.25) is 4.79 Å². The molecule has 5 nitrogen and oxygen atoms in total. The second-order valence-corrected chi connectivity index (χ2v) is 10.5. The third kappa shape index (κ3) is 3.88. The Bertz CT molecular complexity index is 1150. The highest BCUT2D eigenvalue weighted by Crippen LogP contribution is 2.40. The van der Waals surface area contributed by atoms with Crippen LogP contribution < -0.4 is 5.32 Å². The smallest absolute Gasteiger partial charge is 0.258 e. The molecule has 2 aromatic rings. The molecule has 1 unspecified atom stereocenters. The lowest BCUT2D eigenvalue weighted by Gasteiger charge is -2.23. The highest BCUT2D eigenvalue weighted by Gasteiger charge is 2.34. The van der Waals surface area contributed by atoms with Gasteiger partial charge in [0, 0.05) is 30.6 Å². The maximum Gasteiger partial charge on any atom is 0.258 e. The summed E-state index contributed by atoms with van der Waals surface area (Å²) in [5.41, 5.74) is 5.51. The molecule has 0 spiro atoms. The number of carbonyl (C=O) groups excluding carboxylic acids is 1. The summed E-state index contributed by atoms with van der Waals surface area (Å²) in [6.45, 7) is 4.01. The minimum Gasteiger partial charge on any atom is -0.377 e. The van der Waals surface area contributed by atoms with Crippen LogP contribution in [-0.4, -0.2) is 32.5 Å². The monoisotopic (exact) mass is 424 g/mol. The fourth-order valence-corrected chi connectivity index (χ4v) is 5.18. The predicted octanol–water partition coefficient (Wildman–Crippen LogP) is 4.49. The third-order valence-corrected chi connectivity index (χ3v) is 7.14. The van der Waals surface area contributed by atoms with Gasteiger partial charge in [-0.05, 0) is 73.9 Å². The Morgan fingerprint density at radius 1 is 1.17 bits per heavy atom. The molecule has 1 aliphatic heterocycles. The first-order valence-electron chi connectivity index (χ1n) is 10.3. The first-order chi connectivity index (χ1) is 14.2. The highest BCUT2D eigenvalue weighted by molar-refractivity contribution is 7.90. The Morgan fingerprint density at radius 2 is 1.87 bits per heavy atom. The van der Waals surface area contributed by atoms with E-state index in [1.54, 1.807) is 18.2 Å². The number of hydrogen-bond donors (Lipinski definition) is 1. The van der Waals surface area contributed by atoms with Crippen molar-refractivity contribution in [1.82, 2.24) is 4.90 Å². The third-order valence-electron chi connectivity index (χ3n) is 5.99. The zero-order valence-corrected chi connectivity index (χ0v) is 18.7. The summed E-state index contributed by atoms with van der Waals surface area (Å²) < 4.78 is 24.4. The van der Waals surface area contributed by atoms with Crippen LogP contribution >= 0.6 is 0 Å². The van der Waals surface area contributed by atoms with Gasteiger partial charge >= 0.3 is 0 Å². The lowest BCUT2D eigenvalue weighted by atomic mass is 9.91. The van der Waals surface area contributed by atoms with E-state index in [1.807, 2.05) is 37.9 Å². The molecule has 6 heteroatoms. The van der Waals surface area contributed by atoms with Gasteiger partial charge in [-0.15, -0.1) is 0 Å². The van der Waals surface area contributed by atoms with Crippen molar-refractivity contribution in [3.63, 3.8) is 0 Å². The van der Waals surface area contributed by atoms with Crippen molar-refractivity contribution >= 4 is 21.4 Å². The minimum atomic E-state index is -3.35. The van der Waals surface area contributed by atoms with Crippen molar-refractivity contribution in [3.05, 3.63) is 70.4 Å². The molecule has 1 fully saturated rings. The largest absolute Gasteiger partial charge is 0.377 e. The molecule has 1 N–H and O–H groups in total. The molecule has 1 saturated carbocycles. The van der Waals surface area contributed by atoms with Crippen LogP contribution in [0.1, 0.15) is 52.9 Å². The molecule has 30 heavy (non-hydrogen) atoms. The van der Waals surface area contributed by atoms with Gasteiger partial charge in [0.25, 0.3) is 5.91 Å².